The summed E-state index contributed by atoms with van der Waals surface area (Å²) in [5.74, 6) is -0.0969. The second-order valence-corrected chi connectivity index (χ2v) is 8.96. The summed E-state index contributed by atoms with van der Waals surface area (Å²) in [6.07, 6.45) is 1.61. The summed E-state index contributed by atoms with van der Waals surface area (Å²) in [6, 6.07) is 1.72. The first-order valence-electron chi connectivity index (χ1n) is 4.70. The van der Waals surface area contributed by atoms with Crippen LogP contribution in [0.15, 0.2) is 14.3 Å². The minimum absolute atomic E-state index is 0.0884. The Hall–Kier alpha value is 0.0800. The van der Waals surface area contributed by atoms with Crippen molar-refractivity contribution in [3.8, 4) is 0 Å². The van der Waals surface area contributed by atoms with Gasteiger partial charge in [0, 0.05) is 17.3 Å². The third-order valence-electron chi connectivity index (χ3n) is 1.85. The summed E-state index contributed by atoms with van der Waals surface area (Å²) in [5, 5.41) is 2.68. The lowest BCUT2D eigenvalue weighted by Gasteiger charge is -2.02. The summed E-state index contributed by atoms with van der Waals surface area (Å²) >= 11 is 7.93. The van der Waals surface area contributed by atoms with Gasteiger partial charge in [-0.2, -0.15) is 0 Å². The van der Waals surface area contributed by atoms with Crippen LogP contribution in [0.25, 0.3) is 0 Å². The molecule has 1 rings (SSSR count). The van der Waals surface area contributed by atoms with Crippen LogP contribution in [0.2, 0.25) is 0 Å². The van der Waals surface area contributed by atoms with E-state index in [1.54, 1.807) is 6.07 Å². The highest BCUT2D eigenvalue weighted by molar-refractivity contribution is 9.13. The smallest absolute Gasteiger partial charge is 0.261 e. The largest absolute Gasteiger partial charge is 0.351 e. The standard InChI is InChI=1S/C9H11Br2NO3S2/c1-17(14,15)4-2-3-12-9(13)7-5-6(10)8(11)16-7/h5H,2-4H2,1H3,(H,12,13). The van der Waals surface area contributed by atoms with Crippen LogP contribution in [-0.4, -0.2) is 32.9 Å². The van der Waals surface area contributed by atoms with E-state index >= 15 is 0 Å². The van der Waals surface area contributed by atoms with Gasteiger partial charge in [0.25, 0.3) is 5.91 Å². The van der Waals surface area contributed by atoms with E-state index in [-0.39, 0.29) is 11.7 Å². The molecule has 1 aromatic heterocycles. The zero-order valence-electron chi connectivity index (χ0n) is 9.00. The van der Waals surface area contributed by atoms with Crippen LogP contribution in [0.5, 0.6) is 0 Å². The number of carbonyl (C=O) groups excluding carboxylic acids is 1. The molecule has 0 radical (unpaired) electrons. The summed E-state index contributed by atoms with van der Waals surface area (Å²) in [5.41, 5.74) is 0. The average Bonchev–Trinajstić information content (AvgIpc) is 2.52. The molecule has 0 aliphatic rings. The molecule has 96 valence electrons. The molecule has 17 heavy (non-hydrogen) atoms. The maximum Gasteiger partial charge on any atom is 0.261 e. The number of hydrogen-bond donors (Lipinski definition) is 1. The van der Waals surface area contributed by atoms with E-state index in [9.17, 15) is 13.2 Å². The Bertz CT molecular complexity index is 491. The Kier molecular flexibility index (Phi) is 5.62. The molecule has 0 saturated heterocycles. The van der Waals surface area contributed by atoms with Crippen LogP contribution in [0.1, 0.15) is 16.1 Å². The lowest BCUT2D eigenvalue weighted by molar-refractivity contribution is 0.0957. The molecule has 0 atom stereocenters. The number of halogens is 2. The lowest BCUT2D eigenvalue weighted by atomic mass is 10.4. The van der Waals surface area contributed by atoms with E-state index in [0.29, 0.717) is 17.8 Å². The topological polar surface area (TPSA) is 63.2 Å². The van der Waals surface area contributed by atoms with Gasteiger partial charge in [-0.15, -0.1) is 11.3 Å². The van der Waals surface area contributed by atoms with E-state index in [4.69, 9.17) is 0 Å². The highest BCUT2D eigenvalue weighted by Gasteiger charge is 2.11. The average molecular weight is 405 g/mol. The maximum atomic E-state index is 11.6. The third-order valence-corrected chi connectivity index (χ3v) is 6.13. The first-order chi connectivity index (χ1) is 7.79. The zero-order chi connectivity index (χ0) is 13.1. The predicted octanol–water partition coefficient (Wildman–Crippen LogP) is 2.44. The molecule has 1 heterocycles. The van der Waals surface area contributed by atoms with Crippen molar-refractivity contribution in [2.24, 2.45) is 0 Å². The number of rotatable bonds is 5. The van der Waals surface area contributed by atoms with Crippen LogP contribution in [-0.2, 0) is 9.84 Å². The summed E-state index contributed by atoms with van der Waals surface area (Å²) in [7, 11) is -2.95. The molecule has 0 unspecified atom stereocenters. The van der Waals surface area contributed by atoms with Crippen molar-refractivity contribution in [1.82, 2.24) is 5.32 Å². The molecule has 1 aromatic rings. The number of hydrogen-bond acceptors (Lipinski definition) is 4. The van der Waals surface area contributed by atoms with Crippen molar-refractivity contribution < 1.29 is 13.2 Å². The van der Waals surface area contributed by atoms with Gasteiger partial charge in [-0.1, -0.05) is 0 Å². The van der Waals surface area contributed by atoms with Crippen LogP contribution in [0.4, 0.5) is 0 Å². The molecule has 0 aliphatic carbocycles. The molecular weight excluding hydrogens is 394 g/mol. The zero-order valence-corrected chi connectivity index (χ0v) is 13.8. The van der Waals surface area contributed by atoms with Gasteiger partial charge in [0.1, 0.15) is 9.84 Å². The molecule has 0 fully saturated rings. The van der Waals surface area contributed by atoms with E-state index in [1.165, 1.54) is 17.6 Å². The second kappa shape index (κ2) is 6.31. The second-order valence-electron chi connectivity index (χ2n) is 3.47. The number of nitrogens with one attached hydrogen (secondary N) is 1. The van der Waals surface area contributed by atoms with Gasteiger partial charge in [-0.3, -0.25) is 4.79 Å². The SMILES string of the molecule is CS(=O)(=O)CCCNC(=O)c1cc(Br)c(Br)s1. The molecule has 1 N–H and O–H groups in total. The highest BCUT2D eigenvalue weighted by Crippen LogP contribution is 2.32. The molecule has 1 amide bonds. The Balaban J connectivity index is 2.40. The Morgan fingerprint density at radius 1 is 1.47 bits per heavy atom. The van der Waals surface area contributed by atoms with Gasteiger partial charge in [0.15, 0.2) is 0 Å². The first kappa shape index (κ1) is 15.1. The highest BCUT2D eigenvalue weighted by atomic mass is 79.9. The molecule has 0 aliphatic heterocycles. The van der Waals surface area contributed by atoms with Crippen LogP contribution in [0, 0.1) is 0 Å². The number of amides is 1. The quantitative estimate of drug-likeness (QED) is 0.766. The van der Waals surface area contributed by atoms with E-state index in [2.05, 4.69) is 37.2 Å². The molecule has 4 nitrogen and oxygen atoms in total. The fraction of sp³-hybridized carbons (Fsp3) is 0.444. The molecule has 0 bridgehead atoms. The van der Waals surface area contributed by atoms with Crippen molar-refractivity contribution in [3.05, 3.63) is 19.2 Å². The Labute approximate surface area is 121 Å². The van der Waals surface area contributed by atoms with Crippen LogP contribution in [0.3, 0.4) is 0 Å². The van der Waals surface area contributed by atoms with Crippen molar-refractivity contribution in [2.75, 3.05) is 18.6 Å². The van der Waals surface area contributed by atoms with Gasteiger partial charge in [-0.25, -0.2) is 8.42 Å². The Morgan fingerprint density at radius 3 is 2.59 bits per heavy atom. The fourth-order valence-electron chi connectivity index (χ4n) is 1.08. The molecule has 0 spiro atoms. The summed E-state index contributed by atoms with van der Waals surface area (Å²) in [6.45, 7) is 0.360. The molecule has 0 saturated carbocycles. The number of sulfone groups is 1. The minimum Gasteiger partial charge on any atom is -0.351 e. The van der Waals surface area contributed by atoms with Crippen molar-refractivity contribution >= 4 is 58.9 Å². The van der Waals surface area contributed by atoms with E-state index < -0.39 is 9.84 Å². The summed E-state index contributed by atoms with van der Waals surface area (Å²) < 4.78 is 23.4. The van der Waals surface area contributed by atoms with Gasteiger partial charge in [0.2, 0.25) is 0 Å². The number of thiophene rings is 1. The normalized spacial score (nSPS) is 11.5. The van der Waals surface area contributed by atoms with Crippen molar-refractivity contribution in [1.29, 1.82) is 0 Å². The van der Waals surface area contributed by atoms with Gasteiger partial charge in [0.05, 0.1) is 14.4 Å². The summed E-state index contributed by atoms with van der Waals surface area (Å²) in [4.78, 5) is 12.2. The Morgan fingerprint density at radius 2 is 2.12 bits per heavy atom. The van der Waals surface area contributed by atoms with Gasteiger partial charge in [-0.05, 0) is 44.3 Å². The van der Waals surface area contributed by atoms with Crippen LogP contribution < -0.4 is 5.32 Å². The van der Waals surface area contributed by atoms with Crippen molar-refractivity contribution in [3.63, 3.8) is 0 Å². The van der Waals surface area contributed by atoms with Gasteiger partial charge < -0.3 is 5.32 Å². The monoisotopic (exact) mass is 403 g/mol. The van der Waals surface area contributed by atoms with Crippen molar-refractivity contribution in [2.45, 2.75) is 6.42 Å². The fourth-order valence-corrected chi connectivity index (χ4v) is 3.70. The van der Waals surface area contributed by atoms with E-state index in [0.717, 1.165) is 8.26 Å². The molecular formula is C9H11Br2NO3S2. The van der Waals surface area contributed by atoms with Gasteiger partial charge >= 0.3 is 0 Å². The third kappa shape index (κ3) is 5.50. The van der Waals surface area contributed by atoms with E-state index in [1.807, 2.05) is 0 Å². The minimum atomic E-state index is -2.95. The molecule has 8 heteroatoms. The molecule has 0 aromatic carbocycles. The predicted molar refractivity (Wildman–Crippen MR) is 76.4 cm³/mol. The lowest BCUT2D eigenvalue weighted by Crippen LogP contribution is -2.25. The first-order valence-corrected chi connectivity index (χ1v) is 9.16. The maximum absolute atomic E-state index is 11.6. The number of carbonyl (C=O) groups is 1. The van der Waals surface area contributed by atoms with Crippen LogP contribution >= 0.6 is 43.2 Å².